The van der Waals surface area contributed by atoms with Crippen molar-refractivity contribution in [1.82, 2.24) is 14.5 Å². The van der Waals surface area contributed by atoms with Crippen LogP contribution in [0.5, 0.6) is 0 Å². The monoisotopic (exact) mass is 267 g/mol. The molecule has 0 spiro atoms. The van der Waals surface area contributed by atoms with Gasteiger partial charge in [0.1, 0.15) is 11.3 Å². The normalized spacial score (nSPS) is 20.2. The maximum atomic E-state index is 5.97. The van der Waals surface area contributed by atoms with Gasteiger partial charge in [0.2, 0.25) is 0 Å². The summed E-state index contributed by atoms with van der Waals surface area (Å²) in [6.07, 6.45) is 4.44. The van der Waals surface area contributed by atoms with E-state index in [9.17, 15) is 0 Å². The molecule has 1 saturated heterocycles. The minimum Gasteiger partial charge on any atom is -0.311 e. The summed E-state index contributed by atoms with van der Waals surface area (Å²) in [6.45, 7) is 0.986. The molecule has 0 N–H and O–H groups in total. The largest absolute Gasteiger partial charge is 0.311 e. The molecule has 3 nitrogen and oxygen atoms in total. The molecule has 3 rings (SSSR count). The highest BCUT2D eigenvalue weighted by Gasteiger charge is 2.19. The number of imidazole rings is 1. The molecule has 0 bridgehead atoms. The van der Waals surface area contributed by atoms with Crippen LogP contribution in [0.25, 0.3) is 11.2 Å². The zero-order chi connectivity index (χ0) is 11.7. The highest BCUT2D eigenvalue weighted by atomic mass is 35.5. The number of fused-ring (bicyclic) bond motifs is 1. The first-order chi connectivity index (χ1) is 8.38. The summed E-state index contributed by atoms with van der Waals surface area (Å²) >= 11 is 8.02. The first-order valence-corrected chi connectivity index (χ1v) is 7.44. The number of hydrogen-bond acceptors (Lipinski definition) is 3. The number of rotatable bonds is 3. The molecule has 90 valence electrons. The summed E-state index contributed by atoms with van der Waals surface area (Å²) in [6, 6.07) is 3.92. The quantitative estimate of drug-likeness (QED) is 0.801. The van der Waals surface area contributed by atoms with E-state index in [1.54, 1.807) is 0 Å². The van der Waals surface area contributed by atoms with Crippen molar-refractivity contribution < 1.29 is 0 Å². The topological polar surface area (TPSA) is 30.7 Å². The van der Waals surface area contributed by atoms with Crippen LogP contribution in [-0.2, 0) is 12.4 Å². The number of hydrogen-bond donors (Lipinski definition) is 0. The Balaban J connectivity index is 1.99. The van der Waals surface area contributed by atoms with Crippen LogP contribution in [0.2, 0.25) is 0 Å². The molecule has 1 aliphatic rings. The van der Waals surface area contributed by atoms with E-state index < -0.39 is 0 Å². The number of aromatic nitrogens is 3. The fourth-order valence-electron chi connectivity index (χ4n) is 2.29. The van der Waals surface area contributed by atoms with Gasteiger partial charge in [-0.3, -0.25) is 0 Å². The predicted octanol–water partition coefficient (Wildman–Crippen LogP) is 3.07. The summed E-state index contributed by atoms with van der Waals surface area (Å²) in [7, 11) is 0. The van der Waals surface area contributed by atoms with E-state index in [1.165, 1.54) is 18.6 Å². The molecular formula is C12H14ClN3S. The highest BCUT2D eigenvalue weighted by molar-refractivity contribution is 8.00. The molecule has 1 aliphatic heterocycles. The molecule has 0 saturated carbocycles. The van der Waals surface area contributed by atoms with Crippen molar-refractivity contribution in [2.45, 2.75) is 30.5 Å². The molecule has 0 amide bonds. The lowest BCUT2D eigenvalue weighted by atomic mass is 10.2. The third-order valence-corrected chi connectivity index (χ3v) is 4.73. The van der Waals surface area contributed by atoms with E-state index in [2.05, 4.69) is 14.5 Å². The fourth-order valence-corrected chi connectivity index (χ4v) is 3.75. The van der Waals surface area contributed by atoms with E-state index in [1.807, 2.05) is 30.1 Å². The minimum absolute atomic E-state index is 0.452. The Hall–Kier alpha value is -0.740. The lowest BCUT2D eigenvalue weighted by Crippen LogP contribution is -2.12. The van der Waals surface area contributed by atoms with Crippen LogP contribution in [-0.4, -0.2) is 25.5 Å². The van der Waals surface area contributed by atoms with Gasteiger partial charge < -0.3 is 4.57 Å². The molecule has 3 heterocycles. The third kappa shape index (κ3) is 2.16. The second kappa shape index (κ2) is 4.86. The number of alkyl halides is 1. The van der Waals surface area contributed by atoms with Crippen LogP contribution in [0.15, 0.2) is 18.3 Å². The Morgan fingerprint density at radius 2 is 2.47 bits per heavy atom. The molecule has 0 aliphatic carbocycles. The van der Waals surface area contributed by atoms with Crippen molar-refractivity contribution in [2.75, 3.05) is 5.75 Å². The number of nitrogens with zero attached hydrogens (tertiary/aromatic N) is 3. The van der Waals surface area contributed by atoms with Gasteiger partial charge in [-0.05, 0) is 30.7 Å². The van der Waals surface area contributed by atoms with Gasteiger partial charge in [0.15, 0.2) is 5.65 Å². The van der Waals surface area contributed by atoms with Gasteiger partial charge in [0, 0.05) is 18.0 Å². The molecule has 1 atom stereocenters. The highest BCUT2D eigenvalue weighted by Crippen LogP contribution is 2.29. The molecule has 5 heteroatoms. The fraction of sp³-hybridized carbons (Fsp3) is 0.500. The van der Waals surface area contributed by atoms with Gasteiger partial charge in [-0.1, -0.05) is 0 Å². The zero-order valence-electron chi connectivity index (χ0n) is 9.47. The van der Waals surface area contributed by atoms with Crippen LogP contribution < -0.4 is 0 Å². The lowest BCUT2D eigenvalue weighted by molar-refractivity contribution is 0.631. The first-order valence-electron chi connectivity index (χ1n) is 5.86. The van der Waals surface area contributed by atoms with Crippen LogP contribution in [0, 0.1) is 0 Å². The van der Waals surface area contributed by atoms with E-state index in [0.29, 0.717) is 11.1 Å². The van der Waals surface area contributed by atoms with Gasteiger partial charge in [0.05, 0.1) is 5.88 Å². The van der Waals surface area contributed by atoms with Gasteiger partial charge in [0.25, 0.3) is 0 Å². The first kappa shape index (κ1) is 11.4. The van der Waals surface area contributed by atoms with E-state index >= 15 is 0 Å². The van der Waals surface area contributed by atoms with Crippen molar-refractivity contribution >= 4 is 34.5 Å². The number of pyridine rings is 1. The second-order valence-electron chi connectivity index (χ2n) is 4.25. The minimum atomic E-state index is 0.452. The van der Waals surface area contributed by atoms with Gasteiger partial charge in [-0.25, -0.2) is 9.97 Å². The van der Waals surface area contributed by atoms with Gasteiger partial charge in [-0.15, -0.1) is 11.6 Å². The molecule has 1 fully saturated rings. The molecule has 1 unspecified atom stereocenters. The van der Waals surface area contributed by atoms with E-state index in [4.69, 9.17) is 11.6 Å². The average molecular weight is 268 g/mol. The van der Waals surface area contributed by atoms with Crippen molar-refractivity contribution in [3.05, 3.63) is 24.2 Å². The van der Waals surface area contributed by atoms with Crippen LogP contribution in [0.1, 0.15) is 18.7 Å². The molecule has 2 aromatic heterocycles. The average Bonchev–Trinajstić information content (AvgIpc) is 2.98. The Labute approximate surface area is 110 Å². The summed E-state index contributed by atoms with van der Waals surface area (Å²) in [5.41, 5.74) is 1.92. The summed E-state index contributed by atoms with van der Waals surface area (Å²) in [4.78, 5) is 8.96. The molecule has 17 heavy (non-hydrogen) atoms. The van der Waals surface area contributed by atoms with Crippen LogP contribution in [0.3, 0.4) is 0 Å². The van der Waals surface area contributed by atoms with Crippen molar-refractivity contribution in [3.63, 3.8) is 0 Å². The van der Waals surface area contributed by atoms with Crippen LogP contribution in [0.4, 0.5) is 0 Å². The van der Waals surface area contributed by atoms with E-state index in [-0.39, 0.29) is 0 Å². The Morgan fingerprint density at radius 1 is 1.53 bits per heavy atom. The summed E-state index contributed by atoms with van der Waals surface area (Å²) < 4.78 is 2.19. The molecule has 0 radical (unpaired) electrons. The predicted molar refractivity (Wildman–Crippen MR) is 72.6 cm³/mol. The van der Waals surface area contributed by atoms with Crippen molar-refractivity contribution in [1.29, 1.82) is 0 Å². The van der Waals surface area contributed by atoms with Gasteiger partial charge >= 0.3 is 0 Å². The van der Waals surface area contributed by atoms with Crippen molar-refractivity contribution in [2.24, 2.45) is 0 Å². The Bertz CT molecular complexity index is 519. The summed E-state index contributed by atoms with van der Waals surface area (Å²) in [5.74, 6) is 2.67. The molecular weight excluding hydrogens is 254 g/mol. The molecule has 2 aromatic rings. The van der Waals surface area contributed by atoms with Gasteiger partial charge in [-0.2, -0.15) is 11.8 Å². The SMILES string of the molecule is ClCc1nc2cccnc2n1CC1CCCS1. The van der Waals surface area contributed by atoms with E-state index in [0.717, 1.165) is 23.5 Å². The lowest BCUT2D eigenvalue weighted by Gasteiger charge is -2.11. The Kier molecular flexibility index (Phi) is 3.25. The smallest absolute Gasteiger partial charge is 0.160 e. The van der Waals surface area contributed by atoms with Crippen LogP contribution >= 0.6 is 23.4 Å². The third-order valence-electron chi connectivity index (χ3n) is 3.11. The second-order valence-corrected chi connectivity index (χ2v) is 5.93. The summed E-state index contributed by atoms with van der Waals surface area (Å²) in [5, 5.41) is 0.691. The number of thioether (sulfide) groups is 1. The standard InChI is InChI=1S/C12H14ClN3S/c13-7-11-15-10-4-1-5-14-12(10)16(11)8-9-3-2-6-17-9/h1,4-5,9H,2-3,6-8H2. The maximum Gasteiger partial charge on any atom is 0.160 e. The zero-order valence-corrected chi connectivity index (χ0v) is 11.0. The van der Waals surface area contributed by atoms with Crippen molar-refractivity contribution in [3.8, 4) is 0 Å². The maximum absolute atomic E-state index is 5.97. The Morgan fingerprint density at radius 3 is 3.24 bits per heavy atom. The number of halogens is 1. The molecule has 0 aromatic carbocycles.